The average Bonchev–Trinajstić information content (AvgIpc) is 4.02. The van der Waals surface area contributed by atoms with E-state index >= 15 is 17.6 Å². The average molecular weight is 985 g/mol. The van der Waals surface area contributed by atoms with Crippen LogP contribution in [0, 0.1) is 23.3 Å². The van der Waals surface area contributed by atoms with Crippen molar-refractivity contribution in [3.63, 3.8) is 0 Å². The molecule has 8 aromatic rings. The van der Waals surface area contributed by atoms with Crippen LogP contribution in [0.4, 0.5) is 17.6 Å². The zero-order chi connectivity index (χ0) is 49.9. The van der Waals surface area contributed by atoms with Gasteiger partial charge in [-0.15, -0.1) is 0 Å². The van der Waals surface area contributed by atoms with E-state index in [4.69, 9.17) is 33.7 Å². The van der Waals surface area contributed by atoms with Crippen LogP contribution in [0.2, 0.25) is 0 Å². The number of nitrogens with one attached hydrogen (secondary N) is 2. The van der Waals surface area contributed by atoms with Crippen LogP contribution in [-0.4, -0.2) is 73.9 Å². The Kier molecular flexibility index (Phi) is 11.5. The molecule has 3 unspecified atom stereocenters. The maximum absolute atomic E-state index is 17.0. The van der Waals surface area contributed by atoms with E-state index in [1.54, 1.807) is 97.1 Å². The van der Waals surface area contributed by atoms with Crippen LogP contribution in [0.25, 0.3) is 90.9 Å². The van der Waals surface area contributed by atoms with Gasteiger partial charge in [0.2, 0.25) is 11.6 Å². The Balaban J connectivity index is 1.02. The summed E-state index contributed by atoms with van der Waals surface area (Å²) in [7, 11) is 0. The summed E-state index contributed by atoms with van der Waals surface area (Å²) in [5, 5.41) is 32.1. The van der Waals surface area contributed by atoms with Crippen molar-refractivity contribution < 1.29 is 56.6 Å². The van der Waals surface area contributed by atoms with Crippen LogP contribution in [0.3, 0.4) is 0 Å². The van der Waals surface area contributed by atoms with Crippen LogP contribution in [0.1, 0.15) is 34.6 Å². The molecule has 3 aromatic heterocycles. The highest BCUT2D eigenvalue weighted by atomic mass is 19.2. The smallest absolute Gasteiger partial charge is 0.204 e. The first-order valence-corrected chi connectivity index (χ1v) is 23.2. The number of fused-ring (bicyclic) bond motifs is 8. The molecule has 0 radical (unpaired) electrons. The van der Waals surface area contributed by atoms with E-state index in [-0.39, 0.29) is 52.4 Å². The summed E-state index contributed by atoms with van der Waals surface area (Å²) in [6.07, 6.45) is 5.01. The van der Waals surface area contributed by atoms with Crippen LogP contribution in [0.5, 0.6) is 28.7 Å². The van der Waals surface area contributed by atoms with Gasteiger partial charge in [0.15, 0.2) is 23.7 Å². The van der Waals surface area contributed by atoms with Gasteiger partial charge in [-0.3, -0.25) is 0 Å². The number of hydrogen-bond acceptors (Lipinski definition) is 10. The molecule has 8 bridgehead atoms. The molecule has 0 amide bonds. The van der Waals surface area contributed by atoms with E-state index in [9.17, 15) is 15.3 Å². The van der Waals surface area contributed by atoms with Gasteiger partial charge in [-0.1, -0.05) is 48.5 Å². The van der Waals surface area contributed by atoms with Gasteiger partial charge in [0.05, 0.1) is 41.6 Å². The second-order valence-electron chi connectivity index (χ2n) is 17.7. The highest BCUT2D eigenvalue weighted by Gasteiger charge is 2.33. The molecule has 2 saturated heterocycles. The highest BCUT2D eigenvalue weighted by Crippen LogP contribution is 2.43. The van der Waals surface area contributed by atoms with E-state index in [0.29, 0.717) is 85.8 Å². The van der Waals surface area contributed by atoms with Gasteiger partial charge in [-0.25, -0.2) is 18.7 Å². The molecule has 364 valence electrons. The predicted molar refractivity (Wildman–Crippen MR) is 266 cm³/mol. The van der Waals surface area contributed by atoms with Crippen molar-refractivity contribution in [2.24, 2.45) is 0 Å². The SMILES string of the molecule is Oc1cccc(-c2c3nc(c(-c4cccc(O)c4)c4ccc([nH]4)c(-c4c(F)c(F)c(OCC5COC(c6ccc(OCC7CO7)cc6)O5)c(F)c4F)c4nc(c(-c5cccc(O)c5)c5ccc2[nH]5)C=C4)C=C3)c1. The van der Waals surface area contributed by atoms with Crippen molar-refractivity contribution in [3.8, 4) is 73.3 Å². The number of aromatic hydroxyl groups is 3. The molecule has 3 atom stereocenters. The molecule has 0 aliphatic carbocycles. The Morgan fingerprint density at radius 1 is 0.479 bits per heavy atom. The van der Waals surface area contributed by atoms with Crippen molar-refractivity contribution in [2.75, 3.05) is 26.4 Å². The number of phenolic OH excluding ortho intramolecular Hbond substituents is 3. The van der Waals surface area contributed by atoms with Crippen molar-refractivity contribution in [1.29, 1.82) is 0 Å². The van der Waals surface area contributed by atoms with Crippen LogP contribution >= 0.6 is 0 Å². The maximum Gasteiger partial charge on any atom is 0.204 e. The largest absolute Gasteiger partial charge is 0.508 e. The fourth-order valence-corrected chi connectivity index (χ4v) is 9.28. The second-order valence-corrected chi connectivity index (χ2v) is 17.7. The number of aromatic nitrogens is 4. The summed E-state index contributed by atoms with van der Waals surface area (Å²) >= 11 is 0. The molecule has 4 aliphatic heterocycles. The van der Waals surface area contributed by atoms with Crippen molar-refractivity contribution >= 4 is 46.4 Å². The predicted octanol–water partition coefficient (Wildman–Crippen LogP) is 12.3. The molecule has 4 aliphatic rings. The number of epoxide rings is 1. The lowest BCUT2D eigenvalue weighted by Crippen LogP contribution is -2.21. The molecule has 16 heteroatoms. The standard InChI is InChI=1S/C57H40F4N4O8/c58-52-51(53(59)55(61)56(54(52)60)71-27-38-28-72-57(73-38)29-10-12-36(13-11-29)69-25-37-26-70-37)50-45-20-18-43(64-45)48(31-5-2-8-34(67)23-31)41-16-14-39(62-41)47(30-4-1-7-33(66)22-30)40-15-17-42(63-40)49(44-19-21-46(50)65-44)32-6-3-9-35(68)24-32/h1-24,37-38,57,62,65-68H,25-28H2. The number of hydrogen-bond donors (Lipinski definition) is 5. The maximum atomic E-state index is 17.0. The summed E-state index contributed by atoms with van der Waals surface area (Å²) in [6, 6.07) is 33.3. The molecule has 5 N–H and O–H groups in total. The Labute approximate surface area is 412 Å². The fourth-order valence-electron chi connectivity index (χ4n) is 9.28. The van der Waals surface area contributed by atoms with Gasteiger partial charge in [0, 0.05) is 49.9 Å². The van der Waals surface area contributed by atoms with Crippen LogP contribution in [0.15, 0.2) is 121 Å². The molecule has 12 rings (SSSR count). The highest BCUT2D eigenvalue weighted by molar-refractivity contribution is 6.00. The quantitative estimate of drug-likeness (QED) is 0.0478. The summed E-state index contributed by atoms with van der Waals surface area (Å²) in [4.78, 5) is 16.7. The van der Waals surface area contributed by atoms with Gasteiger partial charge >= 0.3 is 0 Å². The number of nitrogens with zero attached hydrogens (tertiary/aromatic N) is 2. The van der Waals surface area contributed by atoms with Gasteiger partial charge in [-0.2, -0.15) is 8.78 Å². The Hall–Kier alpha value is -8.70. The van der Waals surface area contributed by atoms with E-state index in [1.807, 2.05) is 12.1 Å². The molecule has 0 saturated carbocycles. The Bertz CT molecular complexity index is 3680. The molecule has 7 heterocycles. The summed E-state index contributed by atoms with van der Waals surface area (Å²) in [5.74, 6) is -7.84. The number of phenols is 3. The number of benzene rings is 5. The van der Waals surface area contributed by atoms with Gasteiger partial charge in [0.1, 0.15) is 48.4 Å². The second kappa shape index (κ2) is 18.5. The number of halogens is 4. The molecule has 5 aromatic carbocycles. The molecule has 0 spiro atoms. The lowest BCUT2D eigenvalue weighted by Gasteiger charge is -2.16. The first-order valence-electron chi connectivity index (χ1n) is 23.2. The first kappa shape index (κ1) is 45.4. The van der Waals surface area contributed by atoms with E-state index in [2.05, 4.69) is 9.97 Å². The third-order valence-corrected chi connectivity index (χ3v) is 12.8. The first-order chi connectivity index (χ1) is 35.5. The number of ether oxygens (including phenoxy) is 5. The lowest BCUT2D eigenvalue weighted by molar-refractivity contribution is -0.0662. The minimum atomic E-state index is -1.79. The number of rotatable bonds is 11. The topological polar surface area (TPSA) is 168 Å². The van der Waals surface area contributed by atoms with E-state index in [1.165, 1.54) is 36.4 Å². The normalized spacial score (nSPS) is 16.8. The zero-order valence-corrected chi connectivity index (χ0v) is 38.2. The number of H-pyrrole nitrogens is 2. The minimum absolute atomic E-state index is 0.00796. The van der Waals surface area contributed by atoms with Crippen molar-refractivity contribution in [3.05, 3.63) is 173 Å². The van der Waals surface area contributed by atoms with Crippen molar-refractivity contribution in [2.45, 2.75) is 18.5 Å². The van der Waals surface area contributed by atoms with E-state index in [0.717, 1.165) is 0 Å². The van der Waals surface area contributed by atoms with E-state index < -0.39 is 53.6 Å². The monoisotopic (exact) mass is 984 g/mol. The molecular formula is C57H40F4N4O8. The third kappa shape index (κ3) is 8.71. The Morgan fingerprint density at radius 2 is 0.904 bits per heavy atom. The van der Waals surface area contributed by atoms with Gasteiger partial charge in [0.25, 0.3) is 0 Å². The third-order valence-electron chi connectivity index (χ3n) is 12.8. The minimum Gasteiger partial charge on any atom is -0.508 e. The molecular weight excluding hydrogens is 945 g/mol. The molecule has 2 fully saturated rings. The molecule has 73 heavy (non-hydrogen) atoms. The van der Waals surface area contributed by atoms with Crippen LogP contribution in [-0.2, 0) is 14.2 Å². The number of aromatic amines is 2. The lowest BCUT2D eigenvalue weighted by atomic mass is 10.0. The van der Waals surface area contributed by atoms with Crippen molar-refractivity contribution in [1.82, 2.24) is 19.9 Å². The van der Waals surface area contributed by atoms with Crippen LogP contribution < -0.4 is 9.47 Å². The zero-order valence-electron chi connectivity index (χ0n) is 38.2. The summed E-state index contributed by atoms with van der Waals surface area (Å²) in [5.41, 5.74) is 4.90. The molecule has 12 nitrogen and oxygen atoms in total. The fraction of sp³-hybridized carbons (Fsp3) is 0.123. The Morgan fingerprint density at radius 3 is 1.36 bits per heavy atom. The summed E-state index contributed by atoms with van der Waals surface area (Å²) < 4.78 is 95.1. The summed E-state index contributed by atoms with van der Waals surface area (Å²) in [6.45, 7) is 0.532. The van der Waals surface area contributed by atoms with Gasteiger partial charge < -0.3 is 49.0 Å². The van der Waals surface area contributed by atoms with Gasteiger partial charge in [-0.05, 0) is 114 Å².